The van der Waals surface area contributed by atoms with Crippen molar-refractivity contribution in [2.24, 2.45) is 0 Å². The van der Waals surface area contributed by atoms with Gasteiger partial charge < -0.3 is 13.9 Å². The van der Waals surface area contributed by atoms with E-state index in [2.05, 4.69) is 10.2 Å². The number of ether oxygens (including phenoxy) is 2. The fraction of sp³-hybridized carbons (Fsp3) is 0.400. The molecule has 10 heteroatoms. The molecule has 0 N–H and O–H groups in total. The Morgan fingerprint density at radius 1 is 1.10 bits per heavy atom. The van der Waals surface area contributed by atoms with E-state index >= 15 is 0 Å². The molecule has 0 spiro atoms. The average Bonchev–Trinajstić information content (AvgIpc) is 3.43. The second-order valence-electron chi connectivity index (χ2n) is 7.36. The summed E-state index contributed by atoms with van der Waals surface area (Å²) < 4.78 is 44.9. The van der Waals surface area contributed by atoms with E-state index in [1.54, 1.807) is 23.5 Å². The van der Waals surface area contributed by atoms with Crippen LogP contribution in [0.1, 0.15) is 29.5 Å². The van der Waals surface area contributed by atoms with E-state index in [0.717, 1.165) is 17.7 Å². The third-order valence-electron chi connectivity index (χ3n) is 5.28. The highest BCUT2D eigenvalue weighted by atomic mass is 32.2. The molecule has 0 bridgehead atoms. The first-order valence-corrected chi connectivity index (χ1v) is 12.1. The van der Waals surface area contributed by atoms with E-state index in [1.807, 2.05) is 19.1 Å². The largest absolute Gasteiger partial charge is 0.486 e. The van der Waals surface area contributed by atoms with Gasteiger partial charge in [0.2, 0.25) is 15.9 Å². The maximum Gasteiger partial charge on any atom is 0.257 e. The van der Waals surface area contributed by atoms with Crippen LogP contribution in [0.15, 0.2) is 39.6 Å². The molecule has 4 heterocycles. The van der Waals surface area contributed by atoms with E-state index in [4.69, 9.17) is 13.9 Å². The number of fused-ring (bicyclic) bond motifs is 1. The summed E-state index contributed by atoms with van der Waals surface area (Å²) in [6, 6.07) is 8.72. The molecule has 30 heavy (non-hydrogen) atoms. The lowest BCUT2D eigenvalue weighted by atomic mass is 10.00. The fourth-order valence-corrected chi connectivity index (χ4v) is 6.07. The molecule has 2 aliphatic heterocycles. The van der Waals surface area contributed by atoms with Gasteiger partial charge in [0, 0.05) is 24.0 Å². The molecule has 0 radical (unpaired) electrons. The van der Waals surface area contributed by atoms with Gasteiger partial charge in [-0.1, -0.05) is 0 Å². The van der Waals surface area contributed by atoms with Crippen molar-refractivity contribution in [3.8, 4) is 22.3 Å². The van der Waals surface area contributed by atoms with Crippen molar-refractivity contribution in [1.82, 2.24) is 14.5 Å². The minimum atomic E-state index is -3.67. The van der Waals surface area contributed by atoms with Crippen LogP contribution in [-0.4, -0.2) is 49.2 Å². The van der Waals surface area contributed by atoms with Crippen LogP contribution in [-0.2, 0) is 10.0 Å². The Balaban J connectivity index is 1.37. The monoisotopic (exact) mass is 447 g/mol. The first kappa shape index (κ1) is 19.5. The number of thiophene rings is 1. The lowest BCUT2D eigenvalue weighted by molar-refractivity contribution is 0.171. The highest BCUT2D eigenvalue weighted by Gasteiger charge is 2.34. The van der Waals surface area contributed by atoms with Crippen molar-refractivity contribution in [1.29, 1.82) is 0 Å². The van der Waals surface area contributed by atoms with Crippen LogP contribution in [0.3, 0.4) is 0 Å². The molecule has 0 amide bonds. The Labute approximate surface area is 178 Å². The SMILES string of the molecule is Cc1ccc(-c2nnc([C@@H]3CCCN(S(=O)(=O)c4ccc5c(c4)OCCO5)C3)o2)s1. The number of aromatic nitrogens is 2. The van der Waals surface area contributed by atoms with Gasteiger partial charge in [-0.3, -0.25) is 0 Å². The predicted octanol–water partition coefficient (Wildman–Crippen LogP) is 3.45. The summed E-state index contributed by atoms with van der Waals surface area (Å²) in [6.45, 7) is 3.66. The Morgan fingerprint density at radius 3 is 2.73 bits per heavy atom. The number of aryl methyl sites for hydroxylation is 1. The molecule has 1 fully saturated rings. The Morgan fingerprint density at radius 2 is 1.93 bits per heavy atom. The zero-order valence-electron chi connectivity index (χ0n) is 16.4. The Bertz CT molecular complexity index is 1170. The van der Waals surface area contributed by atoms with Gasteiger partial charge in [0.15, 0.2) is 11.5 Å². The highest BCUT2D eigenvalue weighted by molar-refractivity contribution is 7.89. The lowest BCUT2D eigenvalue weighted by Gasteiger charge is -2.30. The van der Waals surface area contributed by atoms with Crippen molar-refractivity contribution in [2.75, 3.05) is 26.3 Å². The van der Waals surface area contributed by atoms with Crippen LogP contribution in [0, 0.1) is 6.92 Å². The van der Waals surface area contributed by atoms with Crippen molar-refractivity contribution >= 4 is 21.4 Å². The summed E-state index contributed by atoms with van der Waals surface area (Å²) in [6.07, 6.45) is 1.53. The predicted molar refractivity (Wildman–Crippen MR) is 111 cm³/mol. The van der Waals surface area contributed by atoms with Gasteiger partial charge in [0.1, 0.15) is 13.2 Å². The quantitative estimate of drug-likeness (QED) is 0.604. The third-order valence-corrected chi connectivity index (χ3v) is 8.13. The van der Waals surface area contributed by atoms with E-state index < -0.39 is 10.0 Å². The molecular weight excluding hydrogens is 426 g/mol. The number of nitrogens with zero attached hydrogens (tertiary/aromatic N) is 3. The van der Waals surface area contributed by atoms with Gasteiger partial charge >= 0.3 is 0 Å². The summed E-state index contributed by atoms with van der Waals surface area (Å²) in [5, 5.41) is 8.37. The van der Waals surface area contributed by atoms with Crippen molar-refractivity contribution in [3.63, 3.8) is 0 Å². The Hall–Kier alpha value is -2.43. The van der Waals surface area contributed by atoms with Crippen molar-refractivity contribution in [2.45, 2.75) is 30.6 Å². The minimum Gasteiger partial charge on any atom is -0.486 e. The number of rotatable bonds is 4. The van der Waals surface area contributed by atoms with Crippen molar-refractivity contribution in [3.05, 3.63) is 41.1 Å². The minimum absolute atomic E-state index is 0.131. The number of piperidine rings is 1. The van der Waals surface area contributed by atoms with Gasteiger partial charge in [0.05, 0.1) is 15.7 Å². The van der Waals surface area contributed by atoms with Gasteiger partial charge in [-0.05, 0) is 44.0 Å². The molecule has 0 saturated carbocycles. The standard InChI is InChI=1S/C20H21N3O5S2/c1-13-4-7-18(29-13)20-22-21-19(28-20)14-3-2-8-23(12-14)30(24,25)15-5-6-16-17(11-15)27-10-9-26-16/h4-7,11,14H,2-3,8-10,12H2,1H3/t14-/m1/s1. The van der Waals surface area contributed by atoms with Gasteiger partial charge in [-0.2, -0.15) is 4.31 Å². The van der Waals surface area contributed by atoms with Crippen LogP contribution < -0.4 is 9.47 Å². The van der Waals surface area contributed by atoms with Crippen LogP contribution in [0.5, 0.6) is 11.5 Å². The zero-order valence-corrected chi connectivity index (χ0v) is 18.0. The molecule has 5 rings (SSSR count). The molecule has 8 nitrogen and oxygen atoms in total. The molecule has 158 valence electrons. The van der Waals surface area contributed by atoms with Gasteiger partial charge in [0.25, 0.3) is 5.89 Å². The van der Waals surface area contributed by atoms with Crippen LogP contribution in [0.4, 0.5) is 0 Å². The summed E-state index contributed by atoms with van der Waals surface area (Å²) >= 11 is 1.59. The van der Waals surface area contributed by atoms with Gasteiger partial charge in [-0.25, -0.2) is 8.42 Å². The second kappa shape index (κ2) is 7.68. The van der Waals surface area contributed by atoms with Crippen LogP contribution in [0.2, 0.25) is 0 Å². The smallest absolute Gasteiger partial charge is 0.257 e. The summed E-state index contributed by atoms with van der Waals surface area (Å²) in [5.74, 6) is 1.86. The zero-order chi connectivity index (χ0) is 20.7. The normalized spacial score (nSPS) is 19.7. The van der Waals surface area contributed by atoms with Crippen LogP contribution >= 0.6 is 11.3 Å². The summed E-state index contributed by atoms with van der Waals surface area (Å²) in [5.41, 5.74) is 0. The molecule has 1 atom stereocenters. The number of hydrogen-bond donors (Lipinski definition) is 0. The highest BCUT2D eigenvalue weighted by Crippen LogP contribution is 2.36. The molecule has 1 saturated heterocycles. The number of hydrogen-bond acceptors (Lipinski definition) is 8. The number of benzene rings is 1. The van der Waals surface area contributed by atoms with Crippen LogP contribution in [0.25, 0.3) is 10.8 Å². The van der Waals surface area contributed by atoms with E-state index in [-0.39, 0.29) is 10.8 Å². The van der Waals surface area contributed by atoms with E-state index in [1.165, 1.54) is 15.2 Å². The van der Waals surface area contributed by atoms with Gasteiger partial charge in [-0.15, -0.1) is 21.5 Å². The lowest BCUT2D eigenvalue weighted by Crippen LogP contribution is -2.39. The number of sulfonamides is 1. The molecule has 3 aromatic rings. The molecule has 1 aromatic carbocycles. The van der Waals surface area contributed by atoms with E-state index in [9.17, 15) is 8.42 Å². The van der Waals surface area contributed by atoms with Crippen molar-refractivity contribution < 1.29 is 22.3 Å². The average molecular weight is 448 g/mol. The summed E-state index contributed by atoms with van der Waals surface area (Å²) in [7, 11) is -3.67. The molecule has 0 aliphatic carbocycles. The first-order valence-electron chi connectivity index (χ1n) is 9.81. The maximum atomic E-state index is 13.2. The fourth-order valence-electron chi connectivity index (χ4n) is 3.74. The molecule has 2 aromatic heterocycles. The Kier molecular flexibility index (Phi) is 5.00. The summed E-state index contributed by atoms with van der Waals surface area (Å²) in [4.78, 5) is 2.29. The first-order chi connectivity index (χ1) is 14.5. The van der Waals surface area contributed by atoms with E-state index in [0.29, 0.717) is 49.6 Å². The molecule has 0 unspecified atom stereocenters. The molecule has 2 aliphatic rings. The maximum absolute atomic E-state index is 13.2. The molecular formula is C20H21N3O5S2. The second-order valence-corrected chi connectivity index (χ2v) is 10.6. The third kappa shape index (κ3) is 3.59. The topological polar surface area (TPSA) is 94.8 Å².